The smallest absolute Gasteiger partial charge is 0.0627 e. The number of para-hydroxylation sites is 2. The third-order valence-electron chi connectivity index (χ3n) is 3.83. The number of aliphatic hydroxyl groups is 1. The molecule has 0 fully saturated rings. The molecule has 1 aliphatic rings. The molecule has 0 bridgehead atoms. The number of hydrogen-bond acceptors (Lipinski definition) is 4. The maximum atomic E-state index is 9.65. The van der Waals surface area contributed by atoms with Crippen molar-refractivity contribution in [2.75, 3.05) is 49.6 Å². The van der Waals surface area contributed by atoms with Gasteiger partial charge in [0.25, 0.3) is 0 Å². The zero-order valence-electron chi connectivity index (χ0n) is 12.2. The summed E-state index contributed by atoms with van der Waals surface area (Å²) in [5.41, 5.74) is 2.27. The number of nitrogens with zero attached hydrogens (tertiary/aromatic N) is 2. The van der Waals surface area contributed by atoms with Crippen molar-refractivity contribution >= 4 is 11.4 Å². The van der Waals surface area contributed by atoms with Gasteiger partial charge in [-0.25, -0.2) is 0 Å². The Hall–Kier alpha value is -1.26. The molecule has 1 heterocycles. The van der Waals surface area contributed by atoms with Crippen molar-refractivity contribution in [3.63, 3.8) is 0 Å². The van der Waals surface area contributed by atoms with Crippen LogP contribution in [0.4, 0.5) is 11.4 Å². The quantitative estimate of drug-likeness (QED) is 0.840. The molecule has 1 aromatic rings. The molecule has 1 unspecified atom stereocenters. The normalized spacial score (nSPS) is 18.1. The minimum absolute atomic E-state index is 0.148. The fourth-order valence-electron chi connectivity index (χ4n) is 2.74. The Morgan fingerprint density at radius 1 is 1.26 bits per heavy atom. The van der Waals surface area contributed by atoms with E-state index in [1.54, 1.807) is 0 Å². The SMILES string of the molecule is CCNC(C)(CO)CN1CCN(C)c2ccccc21. The van der Waals surface area contributed by atoms with Crippen LogP contribution in [0.15, 0.2) is 24.3 Å². The second kappa shape index (κ2) is 5.80. The molecule has 0 amide bonds. The molecule has 1 aliphatic heterocycles. The van der Waals surface area contributed by atoms with E-state index in [9.17, 15) is 5.11 Å². The zero-order chi connectivity index (χ0) is 13.9. The van der Waals surface area contributed by atoms with Crippen LogP contribution in [0.1, 0.15) is 13.8 Å². The van der Waals surface area contributed by atoms with Crippen molar-refractivity contribution in [3.05, 3.63) is 24.3 Å². The lowest BCUT2D eigenvalue weighted by atomic mass is 10.0. The third-order valence-corrected chi connectivity index (χ3v) is 3.83. The molecule has 4 heteroatoms. The Morgan fingerprint density at radius 2 is 1.95 bits per heavy atom. The average Bonchev–Trinajstić information content (AvgIpc) is 2.43. The molecular weight excluding hydrogens is 238 g/mol. The first-order valence-electron chi connectivity index (χ1n) is 7.00. The summed E-state index contributed by atoms with van der Waals surface area (Å²) in [6.07, 6.45) is 0. The van der Waals surface area contributed by atoms with Gasteiger partial charge in [-0.1, -0.05) is 19.1 Å². The maximum Gasteiger partial charge on any atom is 0.0627 e. The van der Waals surface area contributed by atoms with Gasteiger partial charge in [0.05, 0.1) is 23.5 Å². The molecule has 0 radical (unpaired) electrons. The summed E-state index contributed by atoms with van der Waals surface area (Å²) in [6.45, 7) is 8.01. The molecule has 1 atom stereocenters. The van der Waals surface area contributed by atoms with Gasteiger partial charge in [-0.3, -0.25) is 0 Å². The molecule has 4 nitrogen and oxygen atoms in total. The van der Waals surface area contributed by atoms with Crippen LogP contribution < -0.4 is 15.1 Å². The molecule has 19 heavy (non-hydrogen) atoms. The lowest BCUT2D eigenvalue weighted by Gasteiger charge is -2.41. The highest BCUT2D eigenvalue weighted by molar-refractivity contribution is 5.73. The van der Waals surface area contributed by atoms with Crippen molar-refractivity contribution in [2.45, 2.75) is 19.4 Å². The van der Waals surface area contributed by atoms with Gasteiger partial charge in [0.2, 0.25) is 0 Å². The molecule has 0 saturated heterocycles. The van der Waals surface area contributed by atoms with Gasteiger partial charge < -0.3 is 20.2 Å². The van der Waals surface area contributed by atoms with Crippen molar-refractivity contribution in [3.8, 4) is 0 Å². The Balaban J connectivity index is 2.20. The Labute approximate surface area is 116 Å². The van der Waals surface area contributed by atoms with Gasteiger partial charge in [0.1, 0.15) is 0 Å². The van der Waals surface area contributed by atoms with E-state index in [1.165, 1.54) is 11.4 Å². The maximum absolute atomic E-state index is 9.65. The number of fused-ring (bicyclic) bond motifs is 1. The fourth-order valence-corrected chi connectivity index (χ4v) is 2.74. The zero-order valence-corrected chi connectivity index (χ0v) is 12.2. The van der Waals surface area contributed by atoms with Crippen LogP contribution in [-0.4, -0.2) is 50.5 Å². The predicted molar refractivity (Wildman–Crippen MR) is 81.1 cm³/mol. The minimum atomic E-state index is -0.252. The van der Waals surface area contributed by atoms with E-state index in [2.05, 4.69) is 60.3 Å². The van der Waals surface area contributed by atoms with Gasteiger partial charge in [-0.2, -0.15) is 0 Å². The van der Waals surface area contributed by atoms with Crippen LogP contribution in [-0.2, 0) is 0 Å². The molecule has 2 N–H and O–H groups in total. The van der Waals surface area contributed by atoms with Gasteiger partial charge in [-0.05, 0) is 25.6 Å². The number of nitrogens with one attached hydrogen (secondary N) is 1. The van der Waals surface area contributed by atoms with E-state index < -0.39 is 0 Å². The van der Waals surface area contributed by atoms with Crippen molar-refractivity contribution in [1.29, 1.82) is 0 Å². The molecule has 0 aromatic heterocycles. The third kappa shape index (κ3) is 3.01. The molecule has 0 spiro atoms. The first kappa shape index (κ1) is 14.2. The standard InChI is InChI=1S/C15H25N3O/c1-4-16-15(2,12-19)11-18-10-9-17(3)13-7-5-6-8-14(13)18/h5-8,16,19H,4,9-12H2,1-3H3. The van der Waals surface area contributed by atoms with Crippen LogP contribution in [0.2, 0.25) is 0 Å². The summed E-state index contributed by atoms with van der Waals surface area (Å²) >= 11 is 0. The number of anilines is 2. The highest BCUT2D eigenvalue weighted by atomic mass is 16.3. The van der Waals surface area contributed by atoms with Gasteiger partial charge in [-0.15, -0.1) is 0 Å². The Morgan fingerprint density at radius 3 is 2.58 bits per heavy atom. The summed E-state index contributed by atoms with van der Waals surface area (Å²) in [4.78, 5) is 4.66. The van der Waals surface area contributed by atoms with Crippen LogP contribution in [0.5, 0.6) is 0 Å². The monoisotopic (exact) mass is 263 g/mol. The van der Waals surface area contributed by atoms with Crippen molar-refractivity contribution in [1.82, 2.24) is 5.32 Å². The summed E-state index contributed by atoms with van der Waals surface area (Å²) in [6, 6.07) is 8.47. The van der Waals surface area contributed by atoms with Gasteiger partial charge in [0, 0.05) is 26.7 Å². The lowest BCUT2D eigenvalue weighted by molar-refractivity contribution is 0.179. The van der Waals surface area contributed by atoms with Crippen molar-refractivity contribution in [2.24, 2.45) is 0 Å². The number of likely N-dealkylation sites (N-methyl/N-ethyl adjacent to an activating group) is 2. The van der Waals surface area contributed by atoms with Crippen LogP contribution >= 0.6 is 0 Å². The van der Waals surface area contributed by atoms with Gasteiger partial charge in [0.15, 0.2) is 0 Å². The topological polar surface area (TPSA) is 38.7 Å². The van der Waals surface area contributed by atoms with Crippen LogP contribution in [0.25, 0.3) is 0 Å². The second-order valence-corrected chi connectivity index (χ2v) is 5.58. The number of rotatable bonds is 5. The number of benzene rings is 1. The highest BCUT2D eigenvalue weighted by Crippen LogP contribution is 2.32. The predicted octanol–water partition coefficient (Wildman–Crippen LogP) is 1.30. The summed E-state index contributed by atoms with van der Waals surface area (Å²) in [5.74, 6) is 0. The van der Waals surface area contributed by atoms with E-state index >= 15 is 0 Å². The van der Waals surface area contributed by atoms with Crippen LogP contribution in [0, 0.1) is 0 Å². The Bertz CT molecular complexity index is 424. The first-order valence-corrected chi connectivity index (χ1v) is 7.00. The lowest BCUT2D eigenvalue weighted by Crippen LogP contribution is -2.56. The molecular formula is C15H25N3O. The van der Waals surface area contributed by atoms with E-state index in [-0.39, 0.29) is 12.1 Å². The van der Waals surface area contributed by atoms with E-state index in [0.29, 0.717) is 0 Å². The van der Waals surface area contributed by atoms with Crippen LogP contribution in [0.3, 0.4) is 0 Å². The molecule has 2 rings (SSSR count). The number of aliphatic hydroxyl groups excluding tert-OH is 1. The summed E-state index contributed by atoms with van der Waals surface area (Å²) < 4.78 is 0. The molecule has 0 saturated carbocycles. The van der Waals surface area contributed by atoms with Gasteiger partial charge >= 0.3 is 0 Å². The molecule has 0 aliphatic carbocycles. The molecule has 106 valence electrons. The van der Waals surface area contributed by atoms with E-state index in [4.69, 9.17) is 0 Å². The Kier molecular flexibility index (Phi) is 4.32. The number of hydrogen-bond donors (Lipinski definition) is 2. The summed E-state index contributed by atoms with van der Waals surface area (Å²) in [7, 11) is 2.13. The van der Waals surface area contributed by atoms with E-state index in [1.807, 2.05) is 0 Å². The average molecular weight is 263 g/mol. The largest absolute Gasteiger partial charge is 0.394 e. The summed E-state index contributed by atoms with van der Waals surface area (Å²) in [5, 5.41) is 13.0. The van der Waals surface area contributed by atoms with Crippen molar-refractivity contribution < 1.29 is 5.11 Å². The second-order valence-electron chi connectivity index (χ2n) is 5.58. The van der Waals surface area contributed by atoms with E-state index in [0.717, 1.165) is 26.2 Å². The first-order chi connectivity index (χ1) is 9.09. The highest BCUT2D eigenvalue weighted by Gasteiger charge is 2.28. The minimum Gasteiger partial charge on any atom is -0.394 e. The molecule has 1 aromatic carbocycles. The fraction of sp³-hybridized carbons (Fsp3) is 0.600.